The Bertz CT molecular complexity index is 603. The molecule has 0 saturated heterocycles. The predicted molar refractivity (Wildman–Crippen MR) is 76.5 cm³/mol. The Kier molecular flexibility index (Phi) is 4.69. The zero-order chi connectivity index (χ0) is 14.9. The second-order valence-electron chi connectivity index (χ2n) is 4.98. The molecular formula is C13H18ClFN2O2S. The summed E-state index contributed by atoms with van der Waals surface area (Å²) in [4.78, 5) is -0.382. The highest BCUT2D eigenvalue weighted by Gasteiger charge is 2.33. The Labute approximate surface area is 123 Å². The second-order valence-corrected chi connectivity index (χ2v) is 7.32. The number of sulfonamides is 1. The Morgan fingerprint density at radius 2 is 2.10 bits per heavy atom. The van der Waals surface area contributed by atoms with Gasteiger partial charge < -0.3 is 5.73 Å². The van der Waals surface area contributed by atoms with Crippen LogP contribution in [0.5, 0.6) is 0 Å². The molecule has 0 amide bonds. The summed E-state index contributed by atoms with van der Waals surface area (Å²) in [6.07, 6.45) is 2.05. The molecule has 0 aliphatic heterocycles. The smallest absolute Gasteiger partial charge is 0.246 e. The highest BCUT2D eigenvalue weighted by molar-refractivity contribution is 7.89. The number of nitrogens with zero attached hydrogens (tertiary/aromatic N) is 1. The van der Waals surface area contributed by atoms with Crippen molar-refractivity contribution in [3.8, 4) is 0 Å². The fourth-order valence-corrected chi connectivity index (χ4v) is 4.04. The highest BCUT2D eigenvalue weighted by Crippen LogP contribution is 2.33. The molecule has 0 atom stereocenters. The maximum Gasteiger partial charge on any atom is 0.246 e. The molecular weight excluding hydrogens is 303 g/mol. The van der Waals surface area contributed by atoms with E-state index in [2.05, 4.69) is 0 Å². The monoisotopic (exact) mass is 320 g/mol. The first-order valence-electron chi connectivity index (χ1n) is 6.58. The standard InChI is InChI=1S/C13H18ClFN2O2S/c1-2-17(8-9-3-4-9)20(18,19)12-6-11(14)5-10(7-16)13(12)15/h5-6,9H,2-4,7-8,16H2,1H3. The van der Waals surface area contributed by atoms with Gasteiger partial charge in [-0.25, -0.2) is 12.8 Å². The molecule has 2 N–H and O–H groups in total. The minimum Gasteiger partial charge on any atom is -0.326 e. The van der Waals surface area contributed by atoms with Crippen LogP contribution in [0.25, 0.3) is 0 Å². The highest BCUT2D eigenvalue weighted by atomic mass is 35.5. The van der Waals surface area contributed by atoms with E-state index in [1.807, 2.05) is 0 Å². The number of benzene rings is 1. The minimum atomic E-state index is -3.87. The van der Waals surface area contributed by atoms with E-state index in [-0.39, 0.29) is 22.0 Å². The van der Waals surface area contributed by atoms with Crippen molar-refractivity contribution in [2.75, 3.05) is 13.1 Å². The van der Waals surface area contributed by atoms with Gasteiger partial charge in [0.15, 0.2) is 0 Å². The van der Waals surface area contributed by atoms with Gasteiger partial charge in [-0.2, -0.15) is 4.31 Å². The van der Waals surface area contributed by atoms with Gasteiger partial charge in [0.25, 0.3) is 0 Å². The van der Waals surface area contributed by atoms with Gasteiger partial charge in [-0.3, -0.25) is 0 Å². The van der Waals surface area contributed by atoms with Crippen molar-refractivity contribution in [1.82, 2.24) is 4.31 Å². The first kappa shape index (κ1) is 15.7. The van der Waals surface area contributed by atoms with Crippen molar-refractivity contribution in [3.63, 3.8) is 0 Å². The van der Waals surface area contributed by atoms with E-state index < -0.39 is 15.8 Å². The molecule has 2 rings (SSSR count). The molecule has 112 valence electrons. The average Bonchev–Trinajstić information content (AvgIpc) is 3.21. The maximum absolute atomic E-state index is 14.3. The van der Waals surface area contributed by atoms with Crippen LogP contribution in [0.15, 0.2) is 17.0 Å². The molecule has 7 heteroatoms. The van der Waals surface area contributed by atoms with Gasteiger partial charge in [0, 0.05) is 30.2 Å². The third kappa shape index (κ3) is 3.14. The second kappa shape index (κ2) is 5.97. The summed E-state index contributed by atoms with van der Waals surface area (Å²) in [5.74, 6) is -0.410. The van der Waals surface area contributed by atoms with Crippen molar-refractivity contribution in [2.45, 2.75) is 31.2 Å². The van der Waals surface area contributed by atoms with Gasteiger partial charge in [-0.05, 0) is 30.9 Å². The molecule has 0 heterocycles. The third-order valence-electron chi connectivity index (χ3n) is 3.43. The molecule has 1 saturated carbocycles. The Morgan fingerprint density at radius 3 is 2.60 bits per heavy atom. The molecule has 0 spiro atoms. The summed E-state index contributed by atoms with van der Waals surface area (Å²) in [5, 5.41) is 0.174. The first-order valence-corrected chi connectivity index (χ1v) is 8.40. The molecule has 20 heavy (non-hydrogen) atoms. The van der Waals surface area contributed by atoms with Crippen LogP contribution in [0, 0.1) is 11.7 Å². The van der Waals surface area contributed by atoms with Gasteiger partial charge >= 0.3 is 0 Å². The van der Waals surface area contributed by atoms with Crippen LogP contribution in [0.1, 0.15) is 25.3 Å². The molecule has 0 radical (unpaired) electrons. The summed E-state index contributed by atoms with van der Waals surface area (Å²) in [5.41, 5.74) is 5.53. The Hall–Kier alpha value is -0.690. The number of rotatable bonds is 6. The molecule has 0 bridgehead atoms. The van der Waals surface area contributed by atoms with Crippen molar-refractivity contribution >= 4 is 21.6 Å². The van der Waals surface area contributed by atoms with E-state index >= 15 is 0 Å². The Morgan fingerprint density at radius 1 is 1.45 bits per heavy atom. The van der Waals surface area contributed by atoms with Crippen molar-refractivity contribution < 1.29 is 12.8 Å². The van der Waals surface area contributed by atoms with Crippen molar-refractivity contribution in [1.29, 1.82) is 0 Å². The fraction of sp³-hybridized carbons (Fsp3) is 0.538. The van der Waals surface area contributed by atoms with Gasteiger partial charge in [0.05, 0.1) is 0 Å². The lowest BCUT2D eigenvalue weighted by Crippen LogP contribution is -2.33. The summed E-state index contributed by atoms with van der Waals surface area (Å²) in [7, 11) is -3.87. The van der Waals surface area contributed by atoms with E-state index in [1.165, 1.54) is 10.4 Å². The normalized spacial score (nSPS) is 15.8. The van der Waals surface area contributed by atoms with Crippen LogP contribution in [0.3, 0.4) is 0 Å². The summed E-state index contributed by atoms with van der Waals surface area (Å²) in [6, 6.07) is 2.51. The van der Waals surface area contributed by atoms with E-state index in [0.717, 1.165) is 18.9 Å². The van der Waals surface area contributed by atoms with Crippen molar-refractivity contribution in [2.24, 2.45) is 11.7 Å². The van der Waals surface area contributed by atoms with Crippen LogP contribution in [-0.4, -0.2) is 25.8 Å². The van der Waals surface area contributed by atoms with Gasteiger partial charge in [0.1, 0.15) is 10.7 Å². The van der Waals surface area contributed by atoms with Crippen LogP contribution < -0.4 is 5.73 Å². The molecule has 0 aromatic heterocycles. The molecule has 1 aromatic carbocycles. The zero-order valence-electron chi connectivity index (χ0n) is 11.3. The topological polar surface area (TPSA) is 63.4 Å². The lowest BCUT2D eigenvalue weighted by Gasteiger charge is -2.21. The van der Waals surface area contributed by atoms with E-state index in [1.54, 1.807) is 6.92 Å². The average molecular weight is 321 g/mol. The zero-order valence-corrected chi connectivity index (χ0v) is 12.8. The first-order chi connectivity index (χ1) is 9.40. The lowest BCUT2D eigenvalue weighted by molar-refractivity contribution is 0.408. The molecule has 1 aliphatic rings. The van der Waals surface area contributed by atoms with E-state index in [0.29, 0.717) is 19.0 Å². The van der Waals surface area contributed by atoms with Gasteiger partial charge in [0.2, 0.25) is 10.0 Å². The maximum atomic E-state index is 14.3. The molecule has 4 nitrogen and oxygen atoms in total. The number of hydrogen-bond acceptors (Lipinski definition) is 3. The predicted octanol–water partition coefficient (Wildman–Crippen LogP) is 2.36. The minimum absolute atomic E-state index is 0.0936. The van der Waals surface area contributed by atoms with Crippen LogP contribution >= 0.6 is 11.6 Å². The van der Waals surface area contributed by atoms with Crippen LogP contribution in [0.2, 0.25) is 5.02 Å². The lowest BCUT2D eigenvalue weighted by atomic mass is 10.2. The summed E-state index contributed by atoms with van der Waals surface area (Å²) in [6.45, 7) is 2.39. The van der Waals surface area contributed by atoms with Crippen molar-refractivity contribution in [3.05, 3.63) is 28.5 Å². The summed E-state index contributed by atoms with van der Waals surface area (Å²) < 4.78 is 40.7. The van der Waals surface area contributed by atoms with Crippen LogP contribution in [-0.2, 0) is 16.6 Å². The largest absolute Gasteiger partial charge is 0.326 e. The molecule has 1 aliphatic carbocycles. The number of hydrogen-bond donors (Lipinski definition) is 1. The molecule has 1 fully saturated rings. The summed E-state index contributed by atoms with van der Waals surface area (Å²) >= 11 is 5.87. The van der Waals surface area contributed by atoms with Gasteiger partial charge in [-0.15, -0.1) is 0 Å². The molecule has 0 unspecified atom stereocenters. The third-order valence-corrected chi connectivity index (χ3v) is 5.59. The Balaban J connectivity index is 2.44. The van der Waals surface area contributed by atoms with E-state index in [9.17, 15) is 12.8 Å². The number of nitrogens with two attached hydrogens (primary N) is 1. The SMILES string of the molecule is CCN(CC1CC1)S(=O)(=O)c1cc(Cl)cc(CN)c1F. The quantitative estimate of drug-likeness (QED) is 0.875. The van der Waals surface area contributed by atoms with E-state index in [4.69, 9.17) is 17.3 Å². The molecule has 1 aromatic rings. The van der Waals surface area contributed by atoms with Gasteiger partial charge in [-0.1, -0.05) is 18.5 Å². The number of halogens is 2. The van der Waals surface area contributed by atoms with Crippen LogP contribution in [0.4, 0.5) is 4.39 Å². The fourth-order valence-electron chi connectivity index (χ4n) is 2.08.